The Hall–Kier alpha value is -0.640. The summed E-state index contributed by atoms with van der Waals surface area (Å²) in [6, 6.07) is 5.27. The van der Waals surface area contributed by atoms with Crippen molar-refractivity contribution in [3.63, 3.8) is 0 Å². The first-order chi connectivity index (χ1) is 9.52. The summed E-state index contributed by atoms with van der Waals surface area (Å²) in [6.07, 6.45) is 4.12. The van der Waals surface area contributed by atoms with Gasteiger partial charge in [-0.1, -0.05) is 44.0 Å². The highest BCUT2D eigenvalue weighted by Crippen LogP contribution is 2.36. The molecule has 0 aliphatic heterocycles. The fraction of sp³-hybridized carbons (Fsp3) is 0.625. The summed E-state index contributed by atoms with van der Waals surface area (Å²) in [7, 11) is 0. The van der Waals surface area contributed by atoms with Crippen LogP contribution in [0.25, 0.3) is 0 Å². The third kappa shape index (κ3) is 3.51. The van der Waals surface area contributed by atoms with Crippen LogP contribution in [0.4, 0.5) is 4.39 Å². The van der Waals surface area contributed by atoms with Crippen molar-refractivity contribution in [1.29, 1.82) is 0 Å². The number of rotatable bonds is 4. The van der Waals surface area contributed by atoms with Gasteiger partial charge in [0, 0.05) is 6.04 Å². The average Bonchev–Trinajstić information content (AvgIpc) is 2.44. The highest BCUT2D eigenvalue weighted by Gasteiger charge is 2.30. The molecule has 112 valence electrons. The van der Waals surface area contributed by atoms with E-state index < -0.39 is 0 Å². The van der Waals surface area contributed by atoms with E-state index in [-0.39, 0.29) is 16.9 Å². The SMILES string of the molecule is CC1CCC(C(Cc2cccc(Cl)c2F)NN)CC1C. The summed E-state index contributed by atoms with van der Waals surface area (Å²) in [5.74, 6) is 7.38. The molecular weight excluding hydrogens is 275 g/mol. The van der Waals surface area contributed by atoms with Crippen LogP contribution in [0.15, 0.2) is 18.2 Å². The molecule has 0 amide bonds. The van der Waals surface area contributed by atoms with Crippen LogP contribution in [-0.2, 0) is 6.42 Å². The number of hydrogen-bond acceptors (Lipinski definition) is 2. The molecule has 3 N–H and O–H groups in total. The van der Waals surface area contributed by atoms with E-state index in [0.717, 1.165) is 18.8 Å². The Morgan fingerprint density at radius 1 is 1.35 bits per heavy atom. The van der Waals surface area contributed by atoms with E-state index in [0.29, 0.717) is 23.8 Å². The largest absolute Gasteiger partial charge is 0.271 e. The van der Waals surface area contributed by atoms with Crippen molar-refractivity contribution in [3.8, 4) is 0 Å². The maximum atomic E-state index is 14.0. The van der Waals surface area contributed by atoms with E-state index in [1.807, 2.05) is 0 Å². The van der Waals surface area contributed by atoms with Crippen LogP contribution in [0.1, 0.15) is 38.7 Å². The third-order valence-corrected chi connectivity index (χ3v) is 5.19. The Labute approximate surface area is 125 Å². The number of hydrogen-bond donors (Lipinski definition) is 2. The Bertz CT molecular complexity index is 452. The maximum absolute atomic E-state index is 14.0. The van der Waals surface area contributed by atoms with Crippen molar-refractivity contribution in [3.05, 3.63) is 34.6 Å². The standard InChI is InChI=1S/C16H24ClFN2/c1-10-6-7-12(8-11(10)2)15(20-19)9-13-4-3-5-14(17)16(13)18/h3-5,10-12,15,20H,6-9,19H2,1-2H3. The van der Waals surface area contributed by atoms with E-state index in [1.165, 1.54) is 6.42 Å². The molecule has 4 atom stereocenters. The fourth-order valence-corrected chi connectivity index (χ4v) is 3.45. The zero-order valence-electron chi connectivity index (χ0n) is 12.2. The van der Waals surface area contributed by atoms with E-state index in [1.54, 1.807) is 18.2 Å². The summed E-state index contributed by atoms with van der Waals surface area (Å²) < 4.78 is 14.0. The van der Waals surface area contributed by atoms with Crippen LogP contribution in [0.3, 0.4) is 0 Å². The van der Waals surface area contributed by atoms with E-state index in [2.05, 4.69) is 19.3 Å². The molecule has 0 bridgehead atoms. The van der Waals surface area contributed by atoms with Gasteiger partial charge in [-0.05, 0) is 48.6 Å². The molecule has 0 heterocycles. The summed E-state index contributed by atoms with van der Waals surface area (Å²) >= 11 is 5.84. The molecule has 1 fully saturated rings. The van der Waals surface area contributed by atoms with Gasteiger partial charge in [0.1, 0.15) is 5.82 Å². The lowest BCUT2D eigenvalue weighted by Gasteiger charge is -2.36. The summed E-state index contributed by atoms with van der Waals surface area (Å²) in [6.45, 7) is 4.60. The summed E-state index contributed by atoms with van der Waals surface area (Å²) in [5.41, 5.74) is 3.54. The van der Waals surface area contributed by atoms with Gasteiger partial charge >= 0.3 is 0 Å². The number of nitrogens with one attached hydrogen (secondary N) is 1. The maximum Gasteiger partial charge on any atom is 0.145 e. The van der Waals surface area contributed by atoms with Crippen molar-refractivity contribution in [2.24, 2.45) is 23.6 Å². The van der Waals surface area contributed by atoms with Crippen molar-refractivity contribution in [2.45, 2.75) is 45.6 Å². The lowest BCUT2D eigenvalue weighted by molar-refractivity contribution is 0.170. The van der Waals surface area contributed by atoms with E-state index >= 15 is 0 Å². The van der Waals surface area contributed by atoms with Crippen molar-refractivity contribution < 1.29 is 4.39 Å². The van der Waals surface area contributed by atoms with Crippen molar-refractivity contribution >= 4 is 11.6 Å². The molecule has 2 rings (SSSR count). The molecule has 4 unspecified atom stereocenters. The first-order valence-corrected chi connectivity index (χ1v) is 7.79. The second-order valence-corrected chi connectivity index (χ2v) is 6.63. The minimum absolute atomic E-state index is 0.109. The van der Waals surface area contributed by atoms with Gasteiger partial charge in [0.05, 0.1) is 5.02 Å². The normalized spacial score (nSPS) is 28.4. The predicted octanol–water partition coefficient (Wildman–Crippen LogP) is 3.93. The predicted molar refractivity (Wildman–Crippen MR) is 81.9 cm³/mol. The molecule has 4 heteroatoms. The van der Waals surface area contributed by atoms with E-state index in [9.17, 15) is 4.39 Å². The number of halogens is 2. The van der Waals surface area contributed by atoms with E-state index in [4.69, 9.17) is 17.4 Å². The first kappa shape index (κ1) is 15.7. The van der Waals surface area contributed by atoms with Gasteiger partial charge in [0.15, 0.2) is 0 Å². The van der Waals surface area contributed by atoms with Gasteiger partial charge < -0.3 is 0 Å². The average molecular weight is 299 g/mol. The van der Waals surface area contributed by atoms with Crippen LogP contribution in [-0.4, -0.2) is 6.04 Å². The highest BCUT2D eigenvalue weighted by atomic mass is 35.5. The van der Waals surface area contributed by atoms with Crippen LogP contribution < -0.4 is 11.3 Å². The molecule has 1 aromatic carbocycles. The van der Waals surface area contributed by atoms with Crippen molar-refractivity contribution in [1.82, 2.24) is 5.43 Å². The smallest absolute Gasteiger partial charge is 0.145 e. The minimum atomic E-state index is -0.313. The first-order valence-electron chi connectivity index (χ1n) is 7.42. The molecule has 20 heavy (non-hydrogen) atoms. The van der Waals surface area contributed by atoms with Crippen LogP contribution in [0.2, 0.25) is 5.02 Å². The highest BCUT2D eigenvalue weighted by molar-refractivity contribution is 6.30. The Morgan fingerprint density at radius 2 is 2.10 bits per heavy atom. The monoisotopic (exact) mass is 298 g/mol. The van der Waals surface area contributed by atoms with Gasteiger partial charge in [-0.25, -0.2) is 4.39 Å². The van der Waals surface area contributed by atoms with Crippen LogP contribution in [0, 0.1) is 23.6 Å². The van der Waals surface area contributed by atoms with Crippen molar-refractivity contribution in [2.75, 3.05) is 0 Å². The topological polar surface area (TPSA) is 38.0 Å². The number of hydrazine groups is 1. The van der Waals surface area contributed by atoms with Crippen LogP contribution in [0.5, 0.6) is 0 Å². The van der Waals surface area contributed by atoms with Gasteiger partial charge in [0.25, 0.3) is 0 Å². The Kier molecular flexibility index (Phi) is 5.42. The Morgan fingerprint density at radius 3 is 2.75 bits per heavy atom. The zero-order chi connectivity index (χ0) is 14.7. The molecule has 0 radical (unpaired) electrons. The third-order valence-electron chi connectivity index (χ3n) is 4.89. The zero-order valence-corrected chi connectivity index (χ0v) is 13.0. The van der Waals surface area contributed by atoms with Gasteiger partial charge in [-0.2, -0.15) is 0 Å². The number of benzene rings is 1. The van der Waals surface area contributed by atoms with Crippen LogP contribution >= 0.6 is 11.6 Å². The molecule has 0 spiro atoms. The second kappa shape index (κ2) is 6.88. The Balaban J connectivity index is 2.07. The molecule has 1 saturated carbocycles. The summed E-state index contributed by atoms with van der Waals surface area (Å²) in [5, 5.41) is 0.184. The van der Waals surface area contributed by atoms with Gasteiger partial charge in [-0.3, -0.25) is 11.3 Å². The lowest BCUT2D eigenvalue weighted by Crippen LogP contribution is -2.44. The molecule has 0 aromatic heterocycles. The second-order valence-electron chi connectivity index (χ2n) is 6.22. The molecule has 1 aromatic rings. The molecule has 1 aliphatic carbocycles. The molecule has 2 nitrogen and oxygen atoms in total. The lowest BCUT2D eigenvalue weighted by atomic mass is 9.72. The van der Waals surface area contributed by atoms with Gasteiger partial charge in [0.2, 0.25) is 0 Å². The van der Waals surface area contributed by atoms with Gasteiger partial charge in [-0.15, -0.1) is 0 Å². The molecule has 1 aliphatic rings. The quantitative estimate of drug-likeness (QED) is 0.653. The molecular formula is C16H24ClFN2. The number of nitrogens with two attached hydrogens (primary N) is 1. The minimum Gasteiger partial charge on any atom is -0.271 e. The molecule has 0 saturated heterocycles. The fourth-order valence-electron chi connectivity index (χ4n) is 3.26. The summed E-state index contributed by atoms with van der Waals surface area (Å²) in [4.78, 5) is 0.